The molecule has 0 aliphatic carbocycles. The average Bonchev–Trinajstić information content (AvgIpc) is 2.86. The fourth-order valence-corrected chi connectivity index (χ4v) is 3.43. The van der Waals surface area contributed by atoms with Crippen molar-refractivity contribution in [2.24, 2.45) is 0 Å². The molecule has 0 saturated carbocycles. The fraction of sp³-hybridized carbons (Fsp3) is 0.158. The minimum Gasteiger partial charge on any atom is -0.319 e. The summed E-state index contributed by atoms with van der Waals surface area (Å²) in [5.74, 6) is 0. The summed E-state index contributed by atoms with van der Waals surface area (Å²) in [6.07, 6.45) is 4.40. The molecule has 0 saturated heterocycles. The summed E-state index contributed by atoms with van der Waals surface area (Å²) >= 11 is 1.81. The van der Waals surface area contributed by atoms with Crippen molar-refractivity contribution in [1.29, 1.82) is 0 Å². The van der Waals surface area contributed by atoms with Gasteiger partial charge in [0.1, 0.15) is 0 Å². The van der Waals surface area contributed by atoms with Crippen molar-refractivity contribution in [2.75, 3.05) is 6.26 Å². The van der Waals surface area contributed by atoms with E-state index < -0.39 is 0 Å². The summed E-state index contributed by atoms with van der Waals surface area (Å²) in [6, 6.07) is 19.3. The molecule has 0 N–H and O–H groups in total. The van der Waals surface area contributed by atoms with Crippen LogP contribution in [0.1, 0.15) is 11.3 Å². The minimum atomic E-state index is 1.22. The Kier molecular flexibility index (Phi) is 3.89. The third kappa shape index (κ3) is 2.64. The van der Waals surface area contributed by atoms with Crippen molar-refractivity contribution >= 4 is 11.8 Å². The first-order valence-electron chi connectivity index (χ1n) is 7.09. The lowest BCUT2D eigenvalue weighted by Gasteiger charge is -2.07. The summed E-state index contributed by atoms with van der Waals surface area (Å²) in [5, 5.41) is 0. The van der Waals surface area contributed by atoms with Gasteiger partial charge >= 0.3 is 0 Å². The SMILES string of the molecule is CSc1c(-c2ccccc2)cn(-c2ccc(C)cc2)c1C. The molecule has 0 aliphatic rings. The second kappa shape index (κ2) is 5.82. The zero-order valence-corrected chi connectivity index (χ0v) is 13.4. The van der Waals surface area contributed by atoms with Crippen LogP contribution in [-0.4, -0.2) is 10.8 Å². The molecule has 0 spiro atoms. The minimum absolute atomic E-state index is 1.22. The van der Waals surface area contributed by atoms with Crippen LogP contribution in [0.3, 0.4) is 0 Å². The van der Waals surface area contributed by atoms with E-state index in [9.17, 15) is 0 Å². The Bertz CT molecular complexity index is 739. The largest absolute Gasteiger partial charge is 0.319 e. The smallest absolute Gasteiger partial charge is 0.0453 e. The summed E-state index contributed by atoms with van der Waals surface area (Å²) in [7, 11) is 0. The third-order valence-corrected chi connectivity index (χ3v) is 4.72. The highest BCUT2D eigenvalue weighted by atomic mass is 32.2. The van der Waals surface area contributed by atoms with Crippen LogP contribution in [0.5, 0.6) is 0 Å². The van der Waals surface area contributed by atoms with Gasteiger partial charge in [0.25, 0.3) is 0 Å². The predicted octanol–water partition coefficient (Wildman–Crippen LogP) is 5.48. The van der Waals surface area contributed by atoms with Crippen LogP contribution in [0.2, 0.25) is 0 Å². The molecule has 0 aliphatic heterocycles. The second-order valence-electron chi connectivity index (χ2n) is 5.23. The van der Waals surface area contributed by atoms with E-state index in [1.807, 2.05) is 11.8 Å². The number of rotatable bonds is 3. The van der Waals surface area contributed by atoms with Gasteiger partial charge in [0.15, 0.2) is 0 Å². The summed E-state index contributed by atoms with van der Waals surface area (Å²) in [5.41, 5.74) is 6.38. The fourth-order valence-electron chi connectivity index (χ4n) is 2.64. The molecule has 0 amide bonds. The molecule has 0 fully saturated rings. The number of aryl methyl sites for hydroxylation is 1. The van der Waals surface area contributed by atoms with Crippen LogP contribution in [0, 0.1) is 13.8 Å². The summed E-state index contributed by atoms with van der Waals surface area (Å²) in [6.45, 7) is 4.31. The number of nitrogens with zero attached hydrogens (tertiary/aromatic N) is 1. The molecule has 106 valence electrons. The van der Waals surface area contributed by atoms with E-state index >= 15 is 0 Å². The average molecular weight is 293 g/mol. The second-order valence-corrected chi connectivity index (χ2v) is 6.05. The van der Waals surface area contributed by atoms with Gasteiger partial charge in [0.2, 0.25) is 0 Å². The van der Waals surface area contributed by atoms with E-state index in [4.69, 9.17) is 0 Å². The van der Waals surface area contributed by atoms with E-state index in [0.29, 0.717) is 0 Å². The van der Waals surface area contributed by atoms with Crippen molar-refractivity contribution in [2.45, 2.75) is 18.7 Å². The maximum atomic E-state index is 2.29. The van der Waals surface area contributed by atoms with Gasteiger partial charge < -0.3 is 4.57 Å². The molecule has 1 nitrogen and oxygen atoms in total. The lowest BCUT2D eigenvalue weighted by Crippen LogP contribution is -1.94. The van der Waals surface area contributed by atoms with Crippen molar-refractivity contribution in [1.82, 2.24) is 4.57 Å². The van der Waals surface area contributed by atoms with Crippen LogP contribution < -0.4 is 0 Å². The highest BCUT2D eigenvalue weighted by Gasteiger charge is 2.14. The summed E-state index contributed by atoms with van der Waals surface area (Å²) < 4.78 is 2.29. The van der Waals surface area contributed by atoms with E-state index in [-0.39, 0.29) is 0 Å². The van der Waals surface area contributed by atoms with Gasteiger partial charge in [-0.15, -0.1) is 11.8 Å². The quantitative estimate of drug-likeness (QED) is 0.579. The first kappa shape index (κ1) is 14.0. The Morgan fingerprint density at radius 3 is 2.14 bits per heavy atom. The Balaban J connectivity index is 2.16. The lowest BCUT2D eigenvalue weighted by atomic mass is 10.1. The van der Waals surface area contributed by atoms with Crippen molar-refractivity contribution in [3.05, 3.63) is 72.1 Å². The maximum absolute atomic E-state index is 2.29. The van der Waals surface area contributed by atoms with Crippen molar-refractivity contribution < 1.29 is 0 Å². The Morgan fingerprint density at radius 1 is 0.857 bits per heavy atom. The number of hydrogen-bond donors (Lipinski definition) is 0. The van der Waals surface area contributed by atoms with Gasteiger partial charge in [-0.2, -0.15) is 0 Å². The molecule has 1 aromatic heterocycles. The van der Waals surface area contributed by atoms with Crippen LogP contribution in [0.15, 0.2) is 65.7 Å². The molecule has 0 unspecified atom stereocenters. The molecule has 0 bridgehead atoms. The van der Waals surface area contributed by atoms with Gasteiger partial charge in [-0.05, 0) is 37.8 Å². The van der Waals surface area contributed by atoms with Crippen LogP contribution >= 0.6 is 11.8 Å². The molecule has 2 heteroatoms. The first-order chi connectivity index (χ1) is 10.2. The number of hydrogen-bond acceptors (Lipinski definition) is 1. The van der Waals surface area contributed by atoms with Crippen LogP contribution in [-0.2, 0) is 0 Å². The van der Waals surface area contributed by atoms with Gasteiger partial charge in [0.05, 0.1) is 0 Å². The van der Waals surface area contributed by atoms with Gasteiger partial charge in [-0.25, -0.2) is 0 Å². The molecular weight excluding hydrogens is 274 g/mol. The predicted molar refractivity (Wildman–Crippen MR) is 92.5 cm³/mol. The monoisotopic (exact) mass is 293 g/mol. The van der Waals surface area contributed by atoms with Crippen molar-refractivity contribution in [3.8, 4) is 16.8 Å². The zero-order chi connectivity index (χ0) is 14.8. The molecule has 3 aromatic rings. The number of aromatic nitrogens is 1. The molecule has 0 radical (unpaired) electrons. The highest BCUT2D eigenvalue weighted by molar-refractivity contribution is 7.98. The van der Waals surface area contributed by atoms with E-state index in [0.717, 1.165) is 0 Å². The normalized spacial score (nSPS) is 10.8. The van der Waals surface area contributed by atoms with Gasteiger partial charge in [0, 0.05) is 28.0 Å². The Morgan fingerprint density at radius 2 is 1.52 bits per heavy atom. The number of benzene rings is 2. The first-order valence-corrected chi connectivity index (χ1v) is 8.31. The van der Waals surface area contributed by atoms with Crippen molar-refractivity contribution in [3.63, 3.8) is 0 Å². The van der Waals surface area contributed by atoms with Gasteiger partial charge in [-0.3, -0.25) is 0 Å². The van der Waals surface area contributed by atoms with E-state index in [1.165, 1.54) is 33.0 Å². The lowest BCUT2D eigenvalue weighted by molar-refractivity contribution is 0.994. The van der Waals surface area contributed by atoms with E-state index in [1.54, 1.807) is 0 Å². The molecule has 21 heavy (non-hydrogen) atoms. The van der Waals surface area contributed by atoms with Crippen LogP contribution in [0.4, 0.5) is 0 Å². The standard InChI is InChI=1S/C19H19NS/c1-14-9-11-17(12-10-14)20-13-18(19(21-3)15(20)2)16-7-5-4-6-8-16/h4-13H,1-3H3. The molecular formula is C19H19NS. The maximum Gasteiger partial charge on any atom is 0.0453 e. The van der Waals surface area contributed by atoms with Gasteiger partial charge in [-0.1, -0.05) is 48.0 Å². The Labute approximate surface area is 130 Å². The third-order valence-electron chi connectivity index (χ3n) is 3.79. The van der Waals surface area contributed by atoms with Crippen LogP contribution in [0.25, 0.3) is 16.8 Å². The highest BCUT2D eigenvalue weighted by Crippen LogP contribution is 2.35. The number of thioether (sulfide) groups is 1. The Hall–Kier alpha value is -1.93. The molecule has 0 atom stereocenters. The topological polar surface area (TPSA) is 4.93 Å². The molecule has 2 aromatic carbocycles. The zero-order valence-electron chi connectivity index (χ0n) is 12.6. The summed E-state index contributed by atoms with van der Waals surface area (Å²) in [4.78, 5) is 1.35. The molecule has 3 rings (SSSR count). The van der Waals surface area contributed by atoms with E-state index in [2.05, 4.69) is 85.5 Å². The molecule has 1 heterocycles.